The van der Waals surface area contributed by atoms with Gasteiger partial charge in [0.15, 0.2) is 5.84 Å². The first-order valence-electron chi connectivity index (χ1n) is 10.1. The molecule has 0 saturated carbocycles. The van der Waals surface area contributed by atoms with Gasteiger partial charge in [0.25, 0.3) is 5.91 Å². The normalized spacial score (nSPS) is 16.4. The Morgan fingerprint density at radius 1 is 1.18 bits per heavy atom. The summed E-state index contributed by atoms with van der Waals surface area (Å²) in [4.78, 5) is 20.8. The lowest BCUT2D eigenvalue weighted by molar-refractivity contribution is -0.114. The smallest absolute Gasteiger partial charge is 0.283 e. The average Bonchev–Trinajstić information content (AvgIpc) is 3.27. The molecule has 0 fully saturated rings. The number of thioether (sulfide) groups is 1. The van der Waals surface area contributed by atoms with E-state index < -0.39 is 5.91 Å². The number of nitrogens with zero attached hydrogens (tertiary/aromatic N) is 4. The second-order valence-corrected chi connectivity index (χ2v) is 8.64. The zero-order valence-corrected chi connectivity index (χ0v) is 19.0. The summed E-state index contributed by atoms with van der Waals surface area (Å²) in [5.41, 5.74) is 2.28. The van der Waals surface area contributed by atoms with Crippen LogP contribution in [0.4, 0.5) is 4.39 Å². The molecule has 168 valence electrons. The number of fused-ring (bicyclic) bond motifs is 1. The summed E-state index contributed by atoms with van der Waals surface area (Å²) >= 11 is 7.58. The van der Waals surface area contributed by atoms with Crippen LogP contribution in [0.2, 0.25) is 5.02 Å². The largest absolute Gasteiger partial charge is 0.487 e. The molecule has 0 atom stereocenters. The molecule has 2 aliphatic heterocycles. The molecule has 0 bridgehead atoms. The maximum absolute atomic E-state index is 13.0. The van der Waals surface area contributed by atoms with Crippen molar-refractivity contribution in [2.45, 2.75) is 6.61 Å². The number of rotatable bonds is 5. The molecule has 10 heteroatoms. The molecule has 1 aromatic heterocycles. The van der Waals surface area contributed by atoms with Crippen LogP contribution in [0, 0.1) is 11.2 Å². The minimum Gasteiger partial charge on any atom is -0.487 e. The van der Waals surface area contributed by atoms with Crippen molar-refractivity contribution in [3.63, 3.8) is 0 Å². The molecule has 2 aliphatic rings. The highest BCUT2D eigenvalue weighted by Crippen LogP contribution is 2.32. The maximum Gasteiger partial charge on any atom is 0.283 e. The van der Waals surface area contributed by atoms with Gasteiger partial charge in [-0.3, -0.25) is 15.2 Å². The summed E-state index contributed by atoms with van der Waals surface area (Å²) in [6.45, 7) is 0.227. The van der Waals surface area contributed by atoms with E-state index in [2.05, 4.69) is 15.1 Å². The number of aliphatic imine (C=N–C) groups is 1. The van der Waals surface area contributed by atoms with Crippen molar-refractivity contribution in [3.8, 4) is 5.75 Å². The summed E-state index contributed by atoms with van der Waals surface area (Å²) in [7, 11) is 0. The number of pyridine rings is 1. The number of carbonyl (C=O) groups excluding carboxylic acids is 1. The Morgan fingerprint density at radius 2 is 2.00 bits per heavy atom. The van der Waals surface area contributed by atoms with Crippen molar-refractivity contribution in [1.82, 2.24) is 9.99 Å². The third kappa shape index (κ3) is 4.48. The molecule has 1 N–H and O–H groups in total. The Balaban J connectivity index is 1.35. The van der Waals surface area contributed by atoms with E-state index in [9.17, 15) is 9.18 Å². The van der Waals surface area contributed by atoms with Gasteiger partial charge < -0.3 is 4.74 Å². The van der Waals surface area contributed by atoms with Gasteiger partial charge >= 0.3 is 0 Å². The standard InChI is InChI=1S/C24H15ClFN5O2S/c25-19-11-15(5-8-20(19)33-13-14-3-6-17(26)7-4-14)10-18-21(27)31-24(29-22(18)32)34-23(30-31)16-2-1-9-28-12-16/h1-12,27H,13H2/b18-10-,27-21?. The predicted molar refractivity (Wildman–Crippen MR) is 131 cm³/mol. The summed E-state index contributed by atoms with van der Waals surface area (Å²) in [6, 6.07) is 14.7. The summed E-state index contributed by atoms with van der Waals surface area (Å²) < 4.78 is 18.8. The summed E-state index contributed by atoms with van der Waals surface area (Å²) in [6.07, 6.45) is 4.86. The van der Waals surface area contributed by atoms with E-state index in [0.717, 1.165) is 11.1 Å². The molecule has 0 spiro atoms. The van der Waals surface area contributed by atoms with Crippen molar-refractivity contribution < 1.29 is 13.9 Å². The van der Waals surface area contributed by atoms with Gasteiger partial charge in [-0.05, 0) is 65.4 Å². The number of amides is 1. The van der Waals surface area contributed by atoms with E-state index in [1.165, 1.54) is 28.9 Å². The Hall–Kier alpha value is -3.82. The number of benzene rings is 2. The second-order valence-electron chi connectivity index (χ2n) is 7.27. The monoisotopic (exact) mass is 491 g/mol. The Morgan fingerprint density at radius 3 is 2.74 bits per heavy atom. The topological polar surface area (TPSA) is 91.0 Å². The highest BCUT2D eigenvalue weighted by Gasteiger charge is 2.36. The molecule has 0 aliphatic carbocycles. The van der Waals surface area contributed by atoms with Gasteiger partial charge in [0.2, 0.25) is 5.17 Å². The fourth-order valence-corrected chi connectivity index (χ4v) is 4.36. The first kappa shape index (κ1) is 22.0. The van der Waals surface area contributed by atoms with E-state index in [1.54, 1.807) is 54.9 Å². The molecule has 0 radical (unpaired) electrons. The van der Waals surface area contributed by atoms with Crippen molar-refractivity contribution in [3.05, 3.63) is 100 Å². The quantitative estimate of drug-likeness (QED) is 0.500. The summed E-state index contributed by atoms with van der Waals surface area (Å²) in [5, 5.41) is 15.6. The van der Waals surface area contributed by atoms with Crippen LogP contribution in [-0.2, 0) is 11.4 Å². The molecule has 0 unspecified atom stereocenters. The molecule has 1 amide bonds. The van der Waals surface area contributed by atoms with Crippen LogP contribution in [0.15, 0.2) is 82.7 Å². The van der Waals surface area contributed by atoms with Crippen LogP contribution < -0.4 is 4.74 Å². The number of hydrazone groups is 1. The highest BCUT2D eigenvalue weighted by atomic mass is 35.5. The lowest BCUT2D eigenvalue weighted by atomic mass is 10.1. The average molecular weight is 492 g/mol. The molecule has 3 aromatic rings. The van der Waals surface area contributed by atoms with Crippen LogP contribution in [0.1, 0.15) is 16.7 Å². The van der Waals surface area contributed by atoms with E-state index in [-0.39, 0.29) is 23.8 Å². The van der Waals surface area contributed by atoms with E-state index in [1.807, 2.05) is 6.07 Å². The number of hydrogen-bond donors (Lipinski definition) is 1. The zero-order chi connectivity index (χ0) is 23.7. The molecular formula is C24H15ClFN5O2S. The van der Waals surface area contributed by atoms with Gasteiger partial charge in [-0.2, -0.15) is 15.1 Å². The molecule has 0 saturated heterocycles. The number of carbonyl (C=O) groups is 1. The Labute approximate surface area is 203 Å². The molecule has 3 heterocycles. The van der Waals surface area contributed by atoms with Crippen LogP contribution in [0.3, 0.4) is 0 Å². The van der Waals surface area contributed by atoms with Gasteiger partial charge in [0.1, 0.15) is 23.2 Å². The number of halogens is 2. The second kappa shape index (κ2) is 9.20. The van der Waals surface area contributed by atoms with Crippen LogP contribution in [0.5, 0.6) is 5.75 Å². The molecule has 2 aromatic carbocycles. The van der Waals surface area contributed by atoms with Gasteiger partial charge in [-0.1, -0.05) is 29.8 Å². The van der Waals surface area contributed by atoms with E-state index >= 15 is 0 Å². The first-order chi connectivity index (χ1) is 16.5. The van der Waals surface area contributed by atoms with Crippen molar-refractivity contribution >= 4 is 51.4 Å². The lowest BCUT2D eigenvalue weighted by Crippen LogP contribution is -2.35. The third-order valence-electron chi connectivity index (χ3n) is 4.94. The molecule has 5 rings (SSSR count). The highest BCUT2D eigenvalue weighted by molar-refractivity contribution is 8.27. The zero-order valence-electron chi connectivity index (χ0n) is 17.4. The van der Waals surface area contributed by atoms with Crippen LogP contribution >= 0.6 is 23.4 Å². The maximum atomic E-state index is 13.0. The third-order valence-corrected chi connectivity index (χ3v) is 6.19. The van der Waals surface area contributed by atoms with Gasteiger partial charge in [0, 0.05) is 18.0 Å². The van der Waals surface area contributed by atoms with Crippen LogP contribution in [0.25, 0.3) is 6.08 Å². The number of amidine groups is 2. The molecule has 34 heavy (non-hydrogen) atoms. The minimum absolute atomic E-state index is 0.0749. The minimum atomic E-state index is -0.529. The Kier molecular flexibility index (Phi) is 5.95. The Bertz CT molecular complexity index is 1390. The SMILES string of the molecule is N=C1/C(=C/c2ccc(OCc3ccc(F)cc3)c(Cl)c2)C(=O)N=C2SC(c3cccnc3)=NN12. The van der Waals surface area contributed by atoms with E-state index in [4.69, 9.17) is 21.7 Å². The van der Waals surface area contributed by atoms with Crippen molar-refractivity contribution in [1.29, 1.82) is 5.41 Å². The van der Waals surface area contributed by atoms with Gasteiger partial charge in [-0.25, -0.2) is 4.39 Å². The lowest BCUT2D eigenvalue weighted by Gasteiger charge is -2.20. The van der Waals surface area contributed by atoms with Crippen LogP contribution in [-0.4, -0.2) is 31.9 Å². The molecule has 7 nitrogen and oxygen atoms in total. The summed E-state index contributed by atoms with van der Waals surface area (Å²) in [5.74, 6) is -0.474. The van der Waals surface area contributed by atoms with Gasteiger partial charge in [-0.15, -0.1) is 0 Å². The predicted octanol–water partition coefficient (Wildman–Crippen LogP) is 5.12. The van der Waals surface area contributed by atoms with E-state index in [0.29, 0.717) is 26.5 Å². The van der Waals surface area contributed by atoms with Crippen molar-refractivity contribution in [2.75, 3.05) is 0 Å². The van der Waals surface area contributed by atoms with Gasteiger partial charge in [0.05, 0.1) is 10.6 Å². The first-order valence-corrected chi connectivity index (χ1v) is 11.2. The number of ether oxygens (including phenoxy) is 1. The number of hydrogen-bond acceptors (Lipinski definition) is 6. The number of aromatic nitrogens is 1. The number of nitrogens with one attached hydrogen (secondary N) is 1. The fraction of sp³-hybridized carbons (Fsp3) is 0.0417. The fourth-order valence-electron chi connectivity index (χ4n) is 3.23. The van der Waals surface area contributed by atoms with Crippen molar-refractivity contribution in [2.24, 2.45) is 10.1 Å². The molecular weight excluding hydrogens is 477 g/mol.